The van der Waals surface area contributed by atoms with Gasteiger partial charge in [0.15, 0.2) is 0 Å². The highest BCUT2D eigenvalue weighted by Gasteiger charge is 2.25. The van der Waals surface area contributed by atoms with E-state index in [9.17, 15) is 4.39 Å². The van der Waals surface area contributed by atoms with Crippen molar-refractivity contribution >= 4 is 15.9 Å². The van der Waals surface area contributed by atoms with E-state index in [2.05, 4.69) is 39.6 Å². The Bertz CT molecular complexity index is 640. The quantitative estimate of drug-likeness (QED) is 0.634. The summed E-state index contributed by atoms with van der Waals surface area (Å²) >= 11 is 3.19. The van der Waals surface area contributed by atoms with E-state index in [0.29, 0.717) is 10.4 Å². The monoisotopic (exact) mass is 348 g/mol. The van der Waals surface area contributed by atoms with Crippen molar-refractivity contribution in [1.29, 1.82) is 0 Å². The van der Waals surface area contributed by atoms with Crippen LogP contribution >= 0.6 is 15.9 Å². The van der Waals surface area contributed by atoms with Crippen LogP contribution in [0.15, 0.2) is 46.9 Å². The highest BCUT2D eigenvalue weighted by molar-refractivity contribution is 9.10. The highest BCUT2D eigenvalue weighted by atomic mass is 79.9. The van der Waals surface area contributed by atoms with Gasteiger partial charge in [-0.15, -0.1) is 0 Å². The number of benzene rings is 2. The lowest BCUT2D eigenvalue weighted by molar-refractivity contribution is 0.414. The van der Waals surface area contributed by atoms with Crippen LogP contribution in [0.4, 0.5) is 4.39 Å². The topological polar surface area (TPSA) is 38.0 Å². The summed E-state index contributed by atoms with van der Waals surface area (Å²) in [5.74, 6) is 6.11. The van der Waals surface area contributed by atoms with Gasteiger partial charge in [-0.2, -0.15) is 0 Å². The molecular weight excluding hydrogens is 331 g/mol. The van der Waals surface area contributed by atoms with Crippen molar-refractivity contribution in [3.63, 3.8) is 0 Å². The van der Waals surface area contributed by atoms with Crippen molar-refractivity contribution in [2.45, 2.75) is 31.2 Å². The summed E-state index contributed by atoms with van der Waals surface area (Å²) in [5.41, 5.74) is 6.15. The van der Waals surface area contributed by atoms with E-state index in [1.54, 1.807) is 6.07 Å². The maximum absolute atomic E-state index is 13.8. The molecule has 1 unspecified atom stereocenters. The number of nitrogens with one attached hydrogen (secondary N) is 1. The minimum Gasteiger partial charge on any atom is -0.271 e. The van der Waals surface area contributed by atoms with Gasteiger partial charge >= 0.3 is 0 Å². The molecule has 0 spiro atoms. The molecule has 1 aliphatic rings. The largest absolute Gasteiger partial charge is 0.271 e. The standard InChI is InChI=1S/C17H18BrFN2/c18-15-9-8-12(10-16(15)19)17(21-20)14-7-2-1-6-13(14)11-4-3-5-11/h1-2,6-11,17,21H,3-5,20H2. The van der Waals surface area contributed by atoms with Crippen LogP contribution in [0, 0.1) is 5.82 Å². The zero-order valence-electron chi connectivity index (χ0n) is 11.7. The van der Waals surface area contributed by atoms with E-state index < -0.39 is 0 Å². The van der Waals surface area contributed by atoms with Crippen molar-refractivity contribution in [3.05, 3.63) is 69.4 Å². The molecule has 0 heterocycles. The van der Waals surface area contributed by atoms with Gasteiger partial charge in [0.2, 0.25) is 0 Å². The van der Waals surface area contributed by atoms with Crippen LogP contribution in [0.2, 0.25) is 0 Å². The average molecular weight is 349 g/mol. The normalized spacial score (nSPS) is 16.5. The average Bonchev–Trinajstić information content (AvgIpc) is 2.43. The predicted octanol–water partition coefficient (Wildman–Crippen LogP) is 4.41. The van der Waals surface area contributed by atoms with Crippen LogP contribution in [0.3, 0.4) is 0 Å². The molecule has 2 nitrogen and oxygen atoms in total. The molecule has 0 saturated heterocycles. The molecule has 0 bridgehead atoms. The Labute approximate surface area is 132 Å². The molecule has 4 heteroatoms. The third kappa shape index (κ3) is 2.89. The van der Waals surface area contributed by atoms with Gasteiger partial charge in [-0.05, 0) is 63.5 Å². The van der Waals surface area contributed by atoms with Gasteiger partial charge in [0.05, 0.1) is 10.5 Å². The minimum atomic E-state index is -0.270. The Kier molecular flexibility index (Phi) is 4.38. The second kappa shape index (κ2) is 6.26. The van der Waals surface area contributed by atoms with Crippen LogP contribution < -0.4 is 11.3 Å². The fraction of sp³-hybridized carbons (Fsp3) is 0.294. The van der Waals surface area contributed by atoms with Crippen molar-refractivity contribution in [1.82, 2.24) is 5.43 Å². The van der Waals surface area contributed by atoms with E-state index in [-0.39, 0.29) is 11.9 Å². The van der Waals surface area contributed by atoms with Crippen molar-refractivity contribution in [3.8, 4) is 0 Å². The third-order valence-electron chi connectivity index (χ3n) is 4.30. The minimum absolute atomic E-state index is 0.190. The summed E-state index contributed by atoms with van der Waals surface area (Å²) in [5, 5.41) is 0. The smallest absolute Gasteiger partial charge is 0.137 e. The van der Waals surface area contributed by atoms with E-state index in [0.717, 1.165) is 11.1 Å². The van der Waals surface area contributed by atoms with Crippen molar-refractivity contribution < 1.29 is 4.39 Å². The van der Waals surface area contributed by atoms with Gasteiger partial charge in [0.1, 0.15) is 5.82 Å². The van der Waals surface area contributed by atoms with E-state index in [1.807, 2.05) is 12.1 Å². The number of hydrogen-bond acceptors (Lipinski definition) is 2. The summed E-state index contributed by atoms with van der Waals surface area (Å²) in [6.45, 7) is 0. The second-order valence-electron chi connectivity index (χ2n) is 5.53. The first-order valence-electron chi connectivity index (χ1n) is 7.20. The van der Waals surface area contributed by atoms with Crippen LogP contribution in [-0.4, -0.2) is 0 Å². The lowest BCUT2D eigenvalue weighted by Crippen LogP contribution is -2.30. The zero-order valence-corrected chi connectivity index (χ0v) is 13.2. The van der Waals surface area contributed by atoms with Crippen molar-refractivity contribution in [2.75, 3.05) is 0 Å². The summed E-state index contributed by atoms with van der Waals surface area (Å²) < 4.78 is 14.3. The molecule has 1 aliphatic carbocycles. The Morgan fingerprint density at radius 2 is 1.95 bits per heavy atom. The summed E-state index contributed by atoms with van der Waals surface area (Å²) in [7, 11) is 0. The Morgan fingerprint density at radius 1 is 1.19 bits per heavy atom. The molecule has 0 aromatic heterocycles. The first kappa shape index (κ1) is 14.7. The molecule has 3 rings (SSSR count). The fourth-order valence-electron chi connectivity index (χ4n) is 2.92. The lowest BCUT2D eigenvalue weighted by atomic mass is 9.76. The van der Waals surface area contributed by atoms with Crippen LogP contribution in [0.1, 0.15) is 47.9 Å². The van der Waals surface area contributed by atoms with Gasteiger partial charge in [-0.1, -0.05) is 36.8 Å². The van der Waals surface area contributed by atoms with Gasteiger partial charge in [-0.25, -0.2) is 9.82 Å². The molecule has 0 aliphatic heterocycles. The van der Waals surface area contributed by atoms with E-state index in [4.69, 9.17) is 5.84 Å². The fourth-order valence-corrected chi connectivity index (χ4v) is 3.17. The third-order valence-corrected chi connectivity index (χ3v) is 4.94. The zero-order chi connectivity index (χ0) is 14.8. The summed E-state index contributed by atoms with van der Waals surface area (Å²) in [6, 6.07) is 13.3. The maximum Gasteiger partial charge on any atom is 0.137 e. The van der Waals surface area contributed by atoms with Gasteiger partial charge in [0, 0.05) is 0 Å². The molecule has 2 aromatic carbocycles. The molecule has 1 saturated carbocycles. The van der Waals surface area contributed by atoms with Crippen LogP contribution in [0.5, 0.6) is 0 Å². The molecule has 2 aromatic rings. The Hall–Kier alpha value is -1.23. The van der Waals surface area contributed by atoms with E-state index in [1.165, 1.54) is 30.9 Å². The first-order chi connectivity index (χ1) is 10.2. The maximum atomic E-state index is 13.8. The number of halogens is 2. The predicted molar refractivity (Wildman–Crippen MR) is 86.3 cm³/mol. The summed E-state index contributed by atoms with van der Waals surface area (Å²) in [4.78, 5) is 0. The highest BCUT2D eigenvalue weighted by Crippen LogP contribution is 2.40. The molecule has 110 valence electrons. The molecule has 1 atom stereocenters. The Morgan fingerprint density at radius 3 is 2.57 bits per heavy atom. The van der Waals surface area contributed by atoms with Gasteiger partial charge in [0.25, 0.3) is 0 Å². The lowest BCUT2D eigenvalue weighted by Gasteiger charge is -2.30. The van der Waals surface area contributed by atoms with Crippen LogP contribution in [0.25, 0.3) is 0 Å². The molecular formula is C17H18BrFN2. The molecule has 1 fully saturated rings. The number of nitrogens with two attached hydrogens (primary N) is 1. The molecule has 0 radical (unpaired) electrons. The number of hydrazine groups is 1. The van der Waals surface area contributed by atoms with Crippen LogP contribution in [-0.2, 0) is 0 Å². The number of hydrogen-bond donors (Lipinski definition) is 2. The molecule has 3 N–H and O–H groups in total. The van der Waals surface area contributed by atoms with E-state index >= 15 is 0 Å². The second-order valence-corrected chi connectivity index (χ2v) is 6.38. The molecule has 21 heavy (non-hydrogen) atoms. The Balaban J connectivity index is 2.01. The van der Waals surface area contributed by atoms with Crippen molar-refractivity contribution in [2.24, 2.45) is 5.84 Å². The summed E-state index contributed by atoms with van der Waals surface area (Å²) in [6.07, 6.45) is 3.73. The molecule has 0 amide bonds. The number of rotatable bonds is 4. The first-order valence-corrected chi connectivity index (χ1v) is 8.00. The van der Waals surface area contributed by atoms with Gasteiger partial charge < -0.3 is 0 Å². The SMILES string of the molecule is NNC(c1ccc(Br)c(F)c1)c1ccccc1C1CCC1. The van der Waals surface area contributed by atoms with Gasteiger partial charge in [-0.3, -0.25) is 5.84 Å².